The number of benzene rings is 10. The number of hydrogen-bond donors (Lipinski definition) is 0. The number of rotatable bonds is 5. The second-order valence-corrected chi connectivity index (χ2v) is 17.1. The first kappa shape index (κ1) is 35.7. The Morgan fingerprint density at radius 2 is 0.556 bits per heavy atom. The van der Waals surface area contributed by atoms with Crippen molar-refractivity contribution in [2.75, 3.05) is 4.90 Å². The molecule has 0 saturated heterocycles. The van der Waals surface area contributed by atoms with Gasteiger partial charge in [0.25, 0.3) is 0 Å². The molecule has 10 aromatic carbocycles. The van der Waals surface area contributed by atoms with Gasteiger partial charge in [-0.25, -0.2) is 0 Å². The molecular formula is C62H41N. The van der Waals surface area contributed by atoms with Crippen molar-refractivity contribution in [3.05, 3.63) is 293 Å². The van der Waals surface area contributed by atoms with Crippen LogP contribution in [0.5, 0.6) is 0 Å². The van der Waals surface area contributed by atoms with Crippen molar-refractivity contribution in [2.45, 2.75) is 10.8 Å². The van der Waals surface area contributed by atoms with Gasteiger partial charge in [-0.2, -0.15) is 0 Å². The summed E-state index contributed by atoms with van der Waals surface area (Å²) >= 11 is 0. The van der Waals surface area contributed by atoms with Crippen LogP contribution in [-0.4, -0.2) is 0 Å². The lowest BCUT2D eigenvalue weighted by molar-refractivity contribution is 0.633. The van der Waals surface area contributed by atoms with Gasteiger partial charge in [-0.05, 0) is 125 Å². The molecule has 1 nitrogen and oxygen atoms in total. The molecule has 294 valence electrons. The Hall–Kier alpha value is -8.00. The van der Waals surface area contributed by atoms with E-state index in [1.807, 2.05) is 0 Å². The van der Waals surface area contributed by atoms with Crippen molar-refractivity contribution in [2.24, 2.45) is 0 Å². The second kappa shape index (κ2) is 13.8. The first-order chi connectivity index (χ1) is 31.3. The van der Waals surface area contributed by atoms with Crippen LogP contribution in [0.1, 0.15) is 44.5 Å². The summed E-state index contributed by atoms with van der Waals surface area (Å²) in [6.45, 7) is 0. The van der Waals surface area contributed by atoms with E-state index in [1.54, 1.807) is 0 Å². The maximum Gasteiger partial charge on any atom is 0.0720 e. The molecule has 3 aliphatic rings. The van der Waals surface area contributed by atoms with Crippen LogP contribution in [0, 0.1) is 0 Å². The molecule has 63 heavy (non-hydrogen) atoms. The van der Waals surface area contributed by atoms with Crippen molar-refractivity contribution < 1.29 is 0 Å². The van der Waals surface area contributed by atoms with Gasteiger partial charge in [0.05, 0.1) is 10.8 Å². The predicted molar refractivity (Wildman–Crippen MR) is 260 cm³/mol. The van der Waals surface area contributed by atoms with Crippen LogP contribution in [0.25, 0.3) is 44.5 Å². The molecule has 3 aliphatic carbocycles. The molecule has 0 saturated carbocycles. The van der Waals surface area contributed by atoms with Crippen LogP contribution in [0.4, 0.5) is 17.1 Å². The molecular weight excluding hydrogens is 759 g/mol. The molecule has 1 heteroatoms. The van der Waals surface area contributed by atoms with Crippen molar-refractivity contribution in [3.8, 4) is 44.5 Å². The van der Waals surface area contributed by atoms with Crippen LogP contribution < -0.4 is 4.90 Å². The number of hydrogen-bond acceptors (Lipinski definition) is 1. The second-order valence-electron chi connectivity index (χ2n) is 17.1. The van der Waals surface area contributed by atoms with Crippen LogP contribution in [0.15, 0.2) is 249 Å². The van der Waals surface area contributed by atoms with Crippen molar-refractivity contribution >= 4 is 17.1 Å². The van der Waals surface area contributed by atoms with Gasteiger partial charge in [-0.1, -0.05) is 212 Å². The Bertz CT molecular complexity index is 3300. The van der Waals surface area contributed by atoms with Gasteiger partial charge >= 0.3 is 0 Å². The normalized spacial score (nSPS) is 14.0. The molecule has 0 unspecified atom stereocenters. The smallest absolute Gasteiger partial charge is 0.0720 e. The molecule has 13 rings (SSSR count). The molecule has 0 fully saturated rings. The molecule has 2 spiro atoms. The van der Waals surface area contributed by atoms with E-state index in [-0.39, 0.29) is 0 Å². The molecule has 0 radical (unpaired) electrons. The van der Waals surface area contributed by atoms with Crippen molar-refractivity contribution in [1.82, 2.24) is 0 Å². The summed E-state index contributed by atoms with van der Waals surface area (Å²) in [5.41, 5.74) is 22.9. The van der Waals surface area contributed by atoms with Crippen LogP contribution in [0.2, 0.25) is 0 Å². The van der Waals surface area contributed by atoms with Gasteiger partial charge in [0.1, 0.15) is 0 Å². The Morgan fingerprint density at radius 3 is 1.06 bits per heavy atom. The highest BCUT2D eigenvalue weighted by molar-refractivity contribution is 5.95. The number of fused-ring (bicyclic) bond motifs is 16. The molecule has 0 aromatic heterocycles. The first-order valence-electron chi connectivity index (χ1n) is 22.0. The van der Waals surface area contributed by atoms with Gasteiger partial charge in [0.15, 0.2) is 0 Å². The molecule has 0 aliphatic heterocycles. The molecule has 0 bridgehead atoms. The van der Waals surface area contributed by atoms with Gasteiger partial charge in [-0.15, -0.1) is 0 Å². The minimum Gasteiger partial charge on any atom is -0.310 e. The lowest BCUT2D eigenvalue weighted by Gasteiger charge is -2.49. The average molecular weight is 800 g/mol. The Kier molecular flexibility index (Phi) is 7.80. The number of nitrogens with zero attached hydrogens (tertiary/aromatic N) is 1. The molecule has 0 N–H and O–H groups in total. The summed E-state index contributed by atoms with van der Waals surface area (Å²) in [6.07, 6.45) is 0. The minimum atomic E-state index is -0.582. The fourth-order valence-electron chi connectivity index (χ4n) is 11.7. The fourth-order valence-corrected chi connectivity index (χ4v) is 11.7. The lowest BCUT2D eigenvalue weighted by Crippen LogP contribution is -2.43. The highest BCUT2D eigenvalue weighted by atomic mass is 15.1. The summed E-state index contributed by atoms with van der Waals surface area (Å²) < 4.78 is 0. The lowest BCUT2D eigenvalue weighted by atomic mass is 9.52. The van der Waals surface area contributed by atoms with Gasteiger partial charge in [0, 0.05) is 17.1 Å². The maximum atomic E-state index is 2.51. The van der Waals surface area contributed by atoms with Gasteiger partial charge in [0.2, 0.25) is 0 Å². The van der Waals surface area contributed by atoms with E-state index in [1.165, 1.54) is 89.0 Å². The minimum absolute atomic E-state index is 0.481. The van der Waals surface area contributed by atoms with E-state index >= 15 is 0 Å². The monoisotopic (exact) mass is 799 g/mol. The molecule has 10 aromatic rings. The van der Waals surface area contributed by atoms with E-state index in [9.17, 15) is 0 Å². The summed E-state index contributed by atoms with van der Waals surface area (Å²) in [4.78, 5) is 2.45. The fraction of sp³-hybridized carbons (Fsp3) is 0.0323. The van der Waals surface area contributed by atoms with Crippen LogP contribution in [0.3, 0.4) is 0 Å². The van der Waals surface area contributed by atoms with Crippen LogP contribution in [-0.2, 0) is 10.8 Å². The highest BCUT2D eigenvalue weighted by Gasteiger charge is 2.58. The third-order valence-electron chi connectivity index (χ3n) is 14.2. The summed E-state index contributed by atoms with van der Waals surface area (Å²) in [5, 5.41) is 0. The van der Waals surface area contributed by atoms with Crippen molar-refractivity contribution in [1.29, 1.82) is 0 Å². The third kappa shape index (κ3) is 4.94. The Morgan fingerprint density at radius 1 is 0.206 bits per heavy atom. The largest absolute Gasteiger partial charge is 0.310 e. The van der Waals surface area contributed by atoms with Gasteiger partial charge in [-0.3, -0.25) is 0 Å². The molecule has 0 atom stereocenters. The van der Waals surface area contributed by atoms with Gasteiger partial charge < -0.3 is 4.90 Å². The molecule has 0 amide bonds. The van der Waals surface area contributed by atoms with Crippen molar-refractivity contribution in [3.63, 3.8) is 0 Å². The van der Waals surface area contributed by atoms with E-state index in [4.69, 9.17) is 0 Å². The summed E-state index contributed by atoms with van der Waals surface area (Å²) in [5.74, 6) is 0. The maximum absolute atomic E-state index is 2.51. The zero-order valence-electron chi connectivity index (χ0n) is 34.6. The van der Waals surface area contributed by atoms with Crippen LogP contribution >= 0.6 is 0 Å². The van der Waals surface area contributed by atoms with E-state index in [0.29, 0.717) is 0 Å². The SMILES string of the molecule is c1ccc(-c2ccc(N(c3cccc(-c4ccccc4)c3)c3ccc4c(c3)C3(c5ccccc5-4)c4ccccc4C4(c5ccccc5-c5ccccc54)c4ccccc43)cc2)cc1. The summed E-state index contributed by atoms with van der Waals surface area (Å²) in [7, 11) is 0. The zero-order valence-corrected chi connectivity index (χ0v) is 34.6. The highest BCUT2D eigenvalue weighted by Crippen LogP contribution is 2.67. The Balaban J connectivity index is 1.08. The molecule has 0 heterocycles. The summed E-state index contributed by atoms with van der Waals surface area (Å²) in [6, 6.07) is 92.8. The zero-order chi connectivity index (χ0) is 41.5. The average Bonchev–Trinajstić information content (AvgIpc) is 3.82. The quantitative estimate of drug-likeness (QED) is 0.168. The van der Waals surface area contributed by atoms with E-state index in [2.05, 4.69) is 254 Å². The first-order valence-corrected chi connectivity index (χ1v) is 22.0. The van der Waals surface area contributed by atoms with E-state index < -0.39 is 10.8 Å². The van der Waals surface area contributed by atoms with E-state index in [0.717, 1.165) is 17.1 Å². The predicted octanol–water partition coefficient (Wildman–Crippen LogP) is 15.5. The third-order valence-corrected chi connectivity index (χ3v) is 14.2. The number of anilines is 3. The Labute approximate surface area is 368 Å². The standard InChI is InChI=1S/C62H41N/c1-3-18-42(19-4-1)44-34-36-46(37-35-44)63(47-23-17-22-45(40-47)43-20-5-2-6-21-43)48-38-39-52-51-26-9-12-29-55(51)62(60(52)41-48)58-32-15-13-30-56(58)61(57-31-14-16-33-59(57)62)53-27-10-7-24-49(53)50-25-8-11-28-54(50)61/h1-41H. The topological polar surface area (TPSA) is 3.24 Å².